The Balaban J connectivity index is 2.14. The first-order valence-electron chi connectivity index (χ1n) is 7.52. The van der Waals surface area contributed by atoms with Crippen LogP contribution in [0.5, 0.6) is 0 Å². The summed E-state index contributed by atoms with van der Waals surface area (Å²) in [4.78, 5) is 11.3. The number of rotatable bonds is 6. The van der Waals surface area contributed by atoms with E-state index in [1.165, 1.54) is 18.2 Å². The summed E-state index contributed by atoms with van der Waals surface area (Å²) in [6, 6.07) is 7.62. The molecule has 0 unspecified atom stereocenters. The molecule has 0 radical (unpaired) electrons. The molecule has 0 amide bonds. The van der Waals surface area contributed by atoms with Gasteiger partial charge in [0.15, 0.2) is 0 Å². The quantitative estimate of drug-likeness (QED) is 0.592. The lowest BCUT2D eigenvalue weighted by atomic mass is 10.1. The Labute approximate surface area is 153 Å². The Hall–Kier alpha value is -2.46. The zero-order valence-corrected chi connectivity index (χ0v) is 14.8. The summed E-state index contributed by atoms with van der Waals surface area (Å²) in [6.07, 6.45) is -4.69. The normalized spacial score (nSPS) is 12.0. The number of hydrogen-bond donors (Lipinski definition) is 1. The highest BCUT2D eigenvalue weighted by molar-refractivity contribution is 7.88. The van der Waals surface area contributed by atoms with Crippen molar-refractivity contribution in [3.8, 4) is 0 Å². The fourth-order valence-corrected chi connectivity index (χ4v) is 3.44. The van der Waals surface area contributed by atoms with Crippen molar-refractivity contribution in [1.29, 1.82) is 0 Å². The molecule has 0 aromatic heterocycles. The number of nitrogens with one attached hydrogen (secondary N) is 1. The highest BCUT2D eigenvalue weighted by Gasteiger charge is 2.34. The maximum atomic E-state index is 14.0. The number of carbonyl (C=O) groups is 1. The van der Waals surface area contributed by atoms with Gasteiger partial charge in [-0.15, -0.1) is 0 Å². The van der Waals surface area contributed by atoms with Crippen LogP contribution >= 0.6 is 0 Å². The first-order chi connectivity index (χ1) is 12.5. The van der Waals surface area contributed by atoms with E-state index in [1.807, 2.05) is 0 Å². The van der Waals surface area contributed by atoms with Crippen molar-refractivity contribution >= 4 is 16.0 Å². The summed E-state index contributed by atoms with van der Waals surface area (Å²) >= 11 is 0. The average Bonchev–Trinajstić information content (AvgIpc) is 2.59. The molecule has 0 fully saturated rings. The number of sulfonamides is 1. The molecule has 27 heavy (non-hydrogen) atoms. The van der Waals surface area contributed by atoms with Gasteiger partial charge >= 0.3 is 12.1 Å². The Morgan fingerprint density at radius 1 is 1.11 bits per heavy atom. The lowest BCUT2D eigenvalue weighted by molar-refractivity contribution is -0.138. The van der Waals surface area contributed by atoms with Crippen LogP contribution in [0.4, 0.5) is 17.6 Å². The second kappa shape index (κ2) is 8.05. The Kier molecular flexibility index (Phi) is 6.22. The van der Waals surface area contributed by atoms with Crippen LogP contribution < -0.4 is 4.72 Å². The molecule has 146 valence electrons. The van der Waals surface area contributed by atoms with Crippen LogP contribution in [0.25, 0.3) is 0 Å². The predicted molar refractivity (Wildman–Crippen MR) is 88.6 cm³/mol. The zero-order chi connectivity index (χ0) is 20.2. The zero-order valence-electron chi connectivity index (χ0n) is 14.0. The monoisotopic (exact) mass is 405 g/mol. The van der Waals surface area contributed by atoms with Crippen LogP contribution in [0.3, 0.4) is 0 Å². The molecule has 2 aromatic rings. The lowest BCUT2D eigenvalue weighted by Gasteiger charge is -2.13. The first kappa shape index (κ1) is 20.8. The summed E-state index contributed by atoms with van der Waals surface area (Å²) in [5, 5.41) is 0. The summed E-state index contributed by atoms with van der Waals surface area (Å²) < 4.78 is 83.6. The highest BCUT2D eigenvalue weighted by Crippen LogP contribution is 2.32. The number of alkyl halides is 3. The molecule has 0 saturated heterocycles. The van der Waals surface area contributed by atoms with E-state index in [-0.39, 0.29) is 11.1 Å². The van der Waals surface area contributed by atoms with Gasteiger partial charge in [0.05, 0.1) is 24.0 Å². The third-order valence-corrected chi connectivity index (χ3v) is 4.90. The molecule has 1 N–H and O–H groups in total. The third-order valence-electron chi connectivity index (χ3n) is 3.62. The first-order valence-corrected chi connectivity index (χ1v) is 9.18. The van der Waals surface area contributed by atoms with Gasteiger partial charge in [-0.2, -0.15) is 13.2 Å². The van der Waals surface area contributed by atoms with Crippen LogP contribution in [-0.4, -0.2) is 21.5 Å². The number of hydrogen-bond acceptors (Lipinski definition) is 4. The van der Waals surface area contributed by atoms with Crippen LogP contribution in [0.15, 0.2) is 42.5 Å². The number of benzene rings is 2. The standard InChI is InChI=1S/C17H15F4NO4S/c1-26-16(23)11-6-7-12(15(18)8-11)9-22-27(24,25)10-13-4-2-3-5-14(13)17(19,20)21/h2-8,22H,9-10H2,1H3. The van der Waals surface area contributed by atoms with Crippen LogP contribution in [0.1, 0.15) is 27.0 Å². The Bertz CT molecular complexity index is 942. The maximum absolute atomic E-state index is 14.0. The summed E-state index contributed by atoms with van der Waals surface area (Å²) in [6.45, 7) is -0.482. The Morgan fingerprint density at radius 3 is 2.37 bits per heavy atom. The van der Waals surface area contributed by atoms with Gasteiger partial charge in [-0.3, -0.25) is 0 Å². The molecule has 0 spiro atoms. The van der Waals surface area contributed by atoms with Gasteiger partial charge < -0.3 is 4.74 Å². The summed E-state index contributed by atoms with van der Waals surface area (Å²) in [5.41, 5.74) is -1.60. The van der Waals surface area contributed by atoms with E-state index >= 15 is 0 Å². The SMILES string of the molecule is COC(=O)c1ccc(CNS(=O)(=O)Cc2ccccc2C(F)(F)F)c(F)c1. The van der Waals surface area contributed by atoms with Crippen LogP contribution in [0.2, 0.25) is 0 Å². The molecule has 2 rings (SSSR count). The average molecular weight is 405 g/mol. The molecule has 10 heteroatoms. The molecule has 0 aliphatic carbocycles. The van der Waals surface area contributed by atoms with E-state index in [2.05, 4.69) is 9.46 Å². The van der Waals surface area contributed by atoms with Gasteiger partial charge in [-0.25, -0.2) is 22.3 Å². The highest BCUT2D eigenvalue weighted by atomic mass is 32.2. The van der Waals surface area contributed by atoms with Crippen molar-refractivity contribution in [3.05, 3.63) is 70.5 Å². The molecule has 2 aromatic carbocycles. The molecule has 0 atom stereocenters. The number of methoxy groups -OCH3 is 1. The number of carbonyl (C=O) groups excluding carboxylic acids is 1. The largest absolute Gasteiger partial charge is 0.465 e. The smallest absolute Gasteiger partial charge is 0.416 e. The van der Waals surface area contributed by atoms with Gasteiger partial charge in [-0.05, 0) is 23.8 Å². The van der Waals surface area contributed by atoms with E-state index in [9.17, 15) is 30.8 Å². The molecular weight excluding hydrogens is 390 g/mol. The maximum Gasteiger partial charge on any atom is 0.416 e. The van der Waals surface area contributed by atoms with E-state index in [4.69, 9.17) is 0 Å². The molecule has 0 aliphatic heterocycles. The third kappa shape index (κ3) is 5.51. The van der Waals surface area contributed by atoms with Crippen LogP contribution in [-0.2, 0) is 33.2 Å². The van der Waals surface area contributed by atoms with Crippen molar-refractivity contribution in [1.82, 2.24) is 4.72 Å². The predicted octanol–water partition coefficient (Wildman–Crippen LogP) is 3.25. The molecule has 5 nitrogen and oxygen atoms in total. The van der Waals surface area contributed by atoms with Gasteiger partial charge in [0.25, 0.3) is 0 Å². The molecule has 0 bridgehead atoms. The van der Waals surface area contributed by atoms with Crippen molar-refractivity contribution in [3.63, 3.8) is 0 Å². The van der Waals surface area contributed by atoms with Gasteiger partial charge in [0, 0.05) is 12.1 Å². The fourth-order valence-electron chi connectivity index (χ4n) is 2.30. The molecular formula is C17H15F4NO4S. The fraction of sp³-hybridized carbons (Fsp3) is 0.235. The molecule has 0 aliphatic rings. The van der Waals surface area contributed by atoms with Gasteiger partial charge in [0.2, 0.25) is 10.0 Å². The Morgan fingerprint density at radius 2 is 1.78 bits per heavy atom. The minimum Gasteiger partial charge on any atom is -0.465 e. The number of esters is 1. The molecule has 0 saturated carbocycles. The van der Waals surface area contributed by atoms with Gasteiger partial charge in [-0.1, -0.05) is 24.3 Å². The van der Waals surface area contributed by atoms with Crippen molar-refractivity contribution in [2.75, 3.05) is 7.11 Å². The van der Waals surface area contributed by atoms with Crippen molar-refractivity contribution < 1.29 is 35.5 Å². The van der Waals surface area contributed by atoms with Gasteiger partial charge in [0.1, 0.15) is 5.82 Å². The lowest BCUT2D eigenvalue weighted by Crippen LogP contribution is -2.26. The topological polar surface area (TPSA) is 72.5 Å². The minimum absolute atomic E-state index is 0.0549. The summed E-state index contributed by atoms with van der Waals surface area (Å²) in [5.74, 6) is -2.52. The second-order valence-corrected chi connectivity index (χ2v) is 7.34. The van der Waals surface area contributed by atoms with E-state index < -0.39 is 51.4 Å². The van der Waals surface area contributed by atoms with E-state index in [0.717, 1.165) is 31.4 Å². The van der Waals surface area contributed by atoms with E-state index in [0.29, 0.717) is 0 Å². The molecule has 0 heterocycles. The van der Waals surface area contributed by atoms with Crippen LogP contribution in [0, 0.1) is 5.82 Å². The second-order valence-electron chi connectivity index (χ2n) is 5.53. The van der Waals surface area contributed by atoms with Crippen molar-refractivity contribution in [2.24, 2.45) is 0 Å². The number of halogens is 4. The van der Waals surface area contributed by atoms with Crippen molar-refractivity contribution in [2.45, 2.75) is 18.5 Å². The number of ether oxygens (including phenoxy) is 1. The minimum atomic E-state index is -4.69. The summed E-state index contributed by atoms with van der Waals surface area (Å²) in [7, 11) is -3.05. The van der Waals surface area contributed by atoms with E-state index in [1.54, 1.807) is 0 Å².